The van der Waals surface area contributed by atoms with Gasteiger partial charge in [0.05, 0.1) is 39.9 Å². The SMILES string of the molecule is COc1cccc(C(=O)Oc2ccc3c(c2)OC(N)=C(C#N)C3c2cc(OC)c(OC)c(OC)c2)c1. The van der Waals surface area contributed by atoms with Crippen LogP contribution in [0.4, 0.5) is 0 Å². The Bertz CT molecular complexity index is 1370. The van der Waals surface area contributed by atoms with Crippen molar-refractivity contribution < 1.29 is 33.2 Å². The maximum Gasteiger partial charge on any atom is 0.343 e. The molecule has 0 radical (unpaired) electrons. The summed E-state index contributed by atoms with van der Waals surface area (Å²) in [6.07, 6.45) is 0. The van der Waals surface area contributed by atoms with Gasteiger partial charge in [-0.25, -0.2) is 4.79 Å². The Hall–Kier alpha value is -4.84. The molecule has 36 heavy (non-hydrogen) atoms. The summed E-state index contributed by atoms with van der Waals surface area (Å²) in [6, 6.07) is 17.2. The molecule has 184 valence electrons. The van der Waals surface area contributed by atoms with Crippen molar-refractivity contribution in [2.75, 3.05) is 28.4 Å². The Kier molecular flexibility index (Phi) is 6.88. The number of carbonyl (C=O) groups excluding carboxylic acids is 1. The number of nitrogens with zero attached hydrogens (tertiary/aromatic N) is 1. The first-order valence-electron chi connectivity index (χ1n) is 10.8. The van der Waals surface area contributed by atoms with Gasteiger partial charge in [0.15, 0.2) is 11.5 Å². The molecule has 9 nitrogen and oxygen atoms in total. The molecule has 4 rings (SSSR count). The molecule has 0 spiro atoms. The highest BCUT2D eigenvalue weighted by atomic mass is 16.5. The number of ether oxygens (including phenoxy) is 6. The van der Waals surface area contributed by atoms with E-state index in [4.69, 9.17) is 34.2 Å². The molecule has 1 heterocycles. The zero-order valence-corrected chi connectivity index (χ0v) is 20.2. The minimum Gasteiger partial charge on any atom is -0.497 e. The molecular formula is C27H24N2O7. The molecule has 0 saturated heterocycles. The largest absolute Gasteiger partial charge is 0.497 e. The van der Waals surface area contributed by atoms with Gasteiger partial charge in [-0.15, -0.1) is 0 Å². The minimum atomic E-state index is -0.587. The molecule has 0 aromatic heterocycles. The zero-order chi connectivity index (χ0) is 25.8. The Morgan fingerprint density at radius 1 is 0.917 bits per heavy atom. The summed E-state index contributed by atoms with van der Waals surface area (Å²) in [4.78, 5) is 12.7. The van der Waals surface area contributed by atoms with Gasteiger partial charge in [-0.2, -0.15) is 5.26 Å². The molecule has 3 aromatic carbocycles. The number of esters is 1. The number of nitriles is 1. The van der Waals surface area contributed by atoms with E-state index in [1.165, 1.54) is 28.4 Å². The molecule has 0 saturated carbocycles. The number of hydrogen-bond donors (Lipinski definition) is 1. The summed E-state index contributed by atoms with van der Waals surface area (Å²) < 4.78 is 32.8. The molecule has 3 aromatic rings. The van der Waals surface area contributed by atoms with Crippen LogP contribution in [0.25, 0.3) is 0 Å². The molecule has 9 heteroatoms. The van der Waals surface area contributed by atoms with Gasteiger partial charge in [0, 0.05) is 11.6 Å². The van der Waals surface area contributed by atoms with Crippen LogP contribution in [-0.2, 0) is 0 Å². The predicted octanol–water partition coefficient (Wildman–Crippen LogP) is 4.16. The van der Waals surface area contributed by atoms with E-state index in [1.54, 1.807) is 54.6 Å². The first-order valence-corrected chi connectivity index (χ1v) is 10.8. The van der Waals surface area contributed by atoms with Gasteiger partial charge in [-0.1, -0.05) is 12.1 Å². The quantitative estimate of drug-likeness (QED) is 0.386. The van der Waals surface area contributed by atoms with E-state index in [1.807, 2.05) is 0 Å². The van der Waals surface area contributed by atoms with E-state index < -0.39 is 11.9 Å². The molecule has 0 bridgehead atoms. The lowest BCUT2D eigenvalue weighted by molar-refractivity contribution is 0.0734. The van der Waals surface area contributed by atoms with Gasteiger partial charge >= 0.3 is 5.97 Å². The summed E-state index contributed by atoms with van der Waals surface area (Å²) in [5, 5.41) is 9.88. The standard InChI is InChI=1S/C27H24N2O7/c1-31-17-7-5-6-15(10-17)27(30)35-18-8-9-19-21(13-18)36-26(29)20(14-28)24(19)16-11-22(32-2)25(34-4)23(12-16)33-3/h5-13,24H,29H2,1-4H3. The minimum absolute atomic E-state index is 0.0555. The van der Waals surface area contributed by atoms with Crippen molar-refractivity contribution in [3.8, 4) is 40.6 Å². The van der Waals surface area contributed by atoms with Crippen LogP contribution in [0.15, 0.2) is 66.1 Å². The van der Waals surface area contributed by atoms with E-state index in [0.29, 0.717) is 45.4 Å². The average Bonchev–Trinajstić information content (AvgIpc) is 2.91. The summed E-state index contributed by atoms with van der Waals surface area (Å²) in [5.41, 5.74) is 8.00. The van der Waals surface area contributed by atoms with Crippen LogP contribution in [0.1, 0.15) is 27.4 Å². The summed E-state index contributed by atoms with van der Waals surface area (Å²) >= 11 is 0. The number of methoxy groups -OCH3 is 4. The van der Waals surface area contributed by atoms with Crippen molar-refractivity contribution in [1.82, 2.24) is 0 Å². The number of allylic oxidation sites excluding steroid dienone is 1. The fourth-order valence-corrected chi connectivity index (χ4v) is 4.03. The van der Waals surface area contributed by atoms with Gasteiger partial charge in [-0.3, -0.25) is 0 Å². The fraction of sp³-hybridized carbons (Fsp3) is 0.185. The van der Waals surface area contributed by atoms with Crippen molar-refractivity contribution in [2.24, 2.45) is 5.73 Å². The van der Waals surface area contributed by atoms with E-state index in [0.717, 1.165) is 0 Å². The predicted molar refractivity (Wildman–Crippen MR) is 130 cm³/mol. The second kappa shape index (κ2) is 10.2. The second-order valence-electron chi connectivity index (χ2n) is 7.70. The van der Waals surface area contributed by atoms with Crippen molar-refractivity contribution in [3.05, 3.63) is 82.7 Å². The lowest BCUT2D eigenvalue weighted by atomic mass is 9.83. The Morgan fingerprint density at radius 2 is 1.64 bits per heavy atom. The van der Waals surface area contributed by atoms with Gasteiger partial charge in [0.2, 0.25) is 11.6 Å². The van der Waals surface area contributed by atoms with Crippen molar-refractivity contribution in [1.29, 1.82) is 5.26 Å². The summed E-state index contributed by atoms with van der Waals surface area (Å²) in [5.74, 6) is 1.21. The Balaban J connectivity index is 1.74. The number of rotatable bonds is 7. The van der Waals surface area contributed by atoms with E-state index >= 15 is 0 Å². The van der Waals surface area contributed by atoms with Crippen LogP contribution in [-0.4, -0.2) is 34.4 Å². The summed E-state index contributed by atoms with van der Waals surface area (Å²) in [6.45, 7) is 0. The third-order valence-corrected chi connectivity index (χ3v) is 5.73. The number of carbonyl (C=O) groups is 1. The van der Waals surface area contributed by atoms with Crippen LogP contribution in [0.5, 0.6) is 34.5 Å². The lowest BCUT2D eigenvalue weighted by Gasteiger charge is -2.27. The number of nitrogens with two attached hydrogens (primary N) is 1. The molecule has 0 amide bonds. The normalized spacial score (nSPS) is 14.1. The molecule has 2 N–H and O–H groups in total. The number of benzene rings is 3. The smallest absolute Gasteiger partial charge is 0.343 e. The zero-order valence-electron chi connectivity index (χ0n) is 20.2. The number of hydrogen-bond acceptors (Lipinski definition) is 9. The highest BCUT2D eigenvalue weighted by Gasteiger charge is 2.32. The van der Waals surface area contributed by atoms with Crippen LogP contribution >= 0.6 is 0 Å². The maximum atomic E-state index is 12.7. The van der Waals surface area contributed by atoms with Gasteiger partial charge in [-0.05, 0) is 42.0 Å². The molecule has 1 aliphatic rings. The highest BCUT2D eigenvalue weighted by molar-refractivity contribution is 5.91. The average molecular weight is 488 g/mol. The van der Waals surface area contributed by atoms with Crippen LogP contribution in [0.2, 0.25) is 0 Å². The van der Waals surface area contributed by atoms with E-state index in [-0.39, 0.29) is 17.2 Å². The molecule has 1 aliphatic heterocycles. The first kappa shape index (κ1) is 24.3. The van der Waals surface area contributed by atoms with Crippen LogP contribution < -0.4 is 34.2 Å². The fourth-order valence-electron chi connectivity index (χ4n) is 4.03. The van der Waals surface area contributed by atoms with Crippen molar-refractivity contribution in [2.45, 2.75) is 5.92 Å². The molecular weight excluding hydrogens is 464 g/mol. The Labute approximate surface area is 208 Å². The van der Waals surface area contributed by atoms with Crippen LogP contribution in [0.3, 0.4) is 0 Å². The third-order valence-electron chi connectivity index (χ3n) is 5.73. The van der Waals surface area contributed by atoms with Gasteiger partial charge in [0.1, 0.15) is 28.9 Å². The van der Waals surface area contributed by atoms with E-state index in [2.05, 4.69) is 6.07 Å². The van der Waals surface area contributed by atoms with E-state index in [9.17, 15) is 10.1 Å². The lowest BCUT2D eigenvalue weighted by Crippen LogP contribution is -2.21. The Morgan fingerprint density at radius 3 is 2.25 bits per heavy atom. The van der Waals surface area contributed by atoms with Crippen molar-refractivity contribution >= 4 is 5.97 Å². The molecule has 1 atom stereocenters. The molecule has 0 fully saturated rings. The van der Waals surface area contributed by atoms with Gasteiger partial charge in [0.25, 0.3) is 0 Å². The molecule has 0 aliphatic carbocycles. The third kappa shape index (κ3) is 4.44. The maximum absolute atomic E-state index is 12.7. The first-order chi connectivity index (χ1) is 17.4. The second-order valence-corrected chi connectivity index (χ2v) is 7.70. The highest BCUT2D eigenvalue weighted by Crippen LogP contribution is 2.47. The number of fused-ring (bicyclic) bond motifs is 1. The molecule has 1 unspecified atom stereocenters. The summed E-state index contributed by atoms with van der Waals surface area (Å²) in [7, 11) is 6.05. The van der Waals surface area contributed by atoms with Crippen molar-refractivity contribution in [3.63, 3.8) is 0 Å². The monoisotopic (exact) mass is 488 g/mol. The topological polar surface area (TPSA) is 122 Å². The van der Waals surface area contributed by atoms with Gasteiger partial charge < -0.3 is 34.2 Å². The van der Waals surface area contributed by atoms with Crippen LogP contribution in [0, 0.1) is 11.3 Å².